The number of carbonyl (C=O) groups excluding carboxylic acids is 1. The number of hydrogen-bond acceptors (Lipinski definition) is 3. The molecule has 3 aromatic rings. The maximum Gasteiger partial charge on any atom is 0.243 e. The zero-order valence-electron chi connectivity index (χ0n) is 14.1. The minimum Gasteiger partial charge on any atom is -0.489 e. The van der Waals surface area contributed by atoms with E-state index in [4.69, 9.17) is 4.74 Å². The van der Waals surface area contributed by atoms with Crippen LogP contribution < -0.4 is 15.4 Å². The number of rotatable bonds is 7. The molecule has 2 N–H and O–H groups in total. The average molecular weight is 411 g/mol. The van der Waals surface area contributed by atoms with Gasteiger partial charge in [0.2, 0.25) is 5.91 Å². The number of halogens is 1. The van der Waals surface area contributed by atoms with Gasteiger partial charge >= 0.3 is 0 Å². The maximum atomic E-state index is 12.1. The summed E-state index contributed by atoms with van der Waals surface area (Å²) in [6.45, 7) is 0.683. The normalized spacial score (nSPS) is 10.2. The molecule has 0 radical (unpaired) electrons. The highest BCUT2D eigenvalue weighted by atomic mass is 79.9. The Bertz CT molecular complexity index is 869. The second-order valence-electron chi connectivity index (χ2n) is 5.71. The number of carbonyl (C=O) groups is 1. The fourth-order valence-electron chi connectivity index (χ4n) is 2.39. The quantitative estimate of drug-likeness (QED) is 0.570. The summed E-state index contributed by atoms with van der Waals surface area (Å²) < 4.78 is 6.73. The summed E-state index contributed by atoms with van der Waals surface area (Å²) >= 11 is 3.39. The summed E-state index contributed by atoms with van der Waals surface area (Å²) in [7, 11) is 0. The Morgan fingerprint density at radius 1 is 0.885 bits per heavy atom. The van der Waals surface area contributed by atoms with E-state index in [1.807, 2.05) is 78.9 Å². The van der Waals surface area contributed by atoms with E-state index >= 15 is 0 Å². The molecule has 0 saturated heterocycles. The summed E-state index contributed by atoms with van der Waals surface area (Å²) in [5.41, 5.74) is 2.70. The van der Waals surface area contributed by atoms with Crippen molar-refractivity contribution in [3.05, 3.63) is 88.9 Å². The lowest BCUT2D eigenvalue weighted by Crippen LogP contribution is -2.21. The van der Waals surface area contributed by atoms with Crippen molar-refractivity contribution in [2.45, 2.75) is 6.61 Å². The first-order chi connectivity index (χ1) is 12.7. The van der Waals surface area contributed by atoms with Crippen LogP contribution >= 0.6 is 15.9 Å². The van der Waals surface area contributed by atoms with Crippen molar-refractivity contribution in [2.75, 3.05) is 17.2 Å². The third kappa shape index (κ3) is 5.63. The molecule has 0 aliphatic heterocycles. The highest BCUT2D eigenvalue weighted by molar-refractivity contribution is 9.10. The summed E-state index contributed by atoms with van der Waals surface area (Å²) in [5, 5.41) is 5.97. The first-order valence-corrected chi connectivity index (χ1v) is 9.04. The Hall–Kier alpha value is -2.79. The molecule has 132 valence electrons. The van der Waals surface area contributed by atoms with Gasteiger partial charge in [-0.2, -0.15) is 0 Å². The molecular formula is C21H19BrN2O2. The van der Waals surface area contributed by atoms with Crippen molar-refractivity contribution < 1.29 is 9.53 Å². The van der Waals surface area contributed by atoms with Gasteiger partial charge in [0.15, 0.2) is 0 Å². The van der Waals surface area contributed by atoms with E-state index in [0.717, 1.165) is 27.2 Å². The molecule has 0 spiro atoms. The van der Waals surface area contributed by atoms with Crippen molar-refractivity contribution in [1.82, 2.24) is 0 Å². The zero-order chi connectivity index (χ0) is 18.2. The molecule has 4 nitrogen and oxygen atoms in total. The zero-order valence-corrected chi connectivity index (χ0v) is 15.7. The summed E-state index contributed by atoms with van der Waals surface area (Å²) in [4.78, 5) is 12.1. The standard InChI is InChI=1S/C21H19BrN2O2/c22-17-8-4-10-19(12-17)24-21(25)14-23-18-9-5-11-20(13-18)26-15-16-6-2-1-3-7-16/h1-13,23H,14-15H2,(H,24,25). The lowest BCUT2D eigenvalue weighted by atomic mass is 10.2. The smallest absolute Gasteiger partial charge is 0.243 e. The van der Waals surface area contributed by atoms with Crippen LogP contribution in [0.25, 0.3) is 0 Å². The van der Waals surface area contributed by atoms with Gasteiger partial charge < -0.3 is 15.4 Å². The number of benzene rings is 3. The fraction of sp³-hybridized carbons (Fsp3) is 0.0952. The second-order valence-corrected chi connectivity index (χ2v) is 6.63. The molecule has 3 aromatic carbocycles. The Kier molecular flexibility index (Phi) is 6.28. The number of hydrogen-bond donors (Lipinski definition) is 2. The molecule has 0 heterocycles. The Balaban J connectivity index is 1.51. The third-order valence-corrected chi connectivity index (χ3v) is 4.14. The molecule has 5 heteroatoms. The Labute approximate surface area is 161 Å². The molecule has 0 aromatic heterocycles. The average Bonchev–Trinajstić information content (AvgIpc) is 2.66. The first kappa shape index (κ1) is 18.0. The van der Waals surface area contributed by atoms with E-state index in [9.17, 15) is 4.79 Å². The number of ether oxygens (including phenoxy) is 1. The first-order valence-electron chi connectivity index (χ1n) is 8.25. The lowest BCUT2D eigenvalue weighted by Gasteiger charge is -2.10. The molecule has 3 rings (SSSR count). The summed E-state index contributed by atoms with van der Waals surface area (Å²) in [6.07, 6.45) is 0. The van der Waals surface area contributed by atoms with E-state index in [0.29, 0.717) is 6.61 Å². The summed E-state index contributed by atoms with van der Waals surface area (Å²) in [6, 6.07) is 25.1. The number of amides is 1. The minimum absolute atomic E-state index is 0.112. The van der Waals surface area contributed by atoms with E-state index in [1.54, 1.807) is 0 Å². The van der Waals surface area contributed by atoms with Crippen LogP contribution in [0, 0.1) is 0 Å². The van der Waals surface area contributed by atoms with Crippen molar-refractivity contribution in [3.63, 3.8) is 0 Å². The molecule has 0 atom stereocenters. The van der Waals surface area contributed by atoms with Crippen LogP contribution in [0.2, 0.25) is 0 Å². The molecule has 0 saturated carbocycles. The van der Waals surface area contributed by atoms with Crippen molar-refractivity contribution >= 4 is 33.2 Å². The molecule has 26 heavy (non-hydrogen) atoms. The second kappa shape index (κ2) is 9.06. The molecule has 1 amide bonds. The lowest BCUT2D eigenvalue weighted by molar-refractivity contribution is -0.114. The topological polar surface area (TPSA) is 50.4 Å². The third-order valence-electron chi connectivity index (χ3n) is 3.64. The number of anilines is 2. The van der Waals surface area contributed by atoms with Gasteiger partial charge in [-0.05, 0) is 35.9 Å². The van der Waals surface area contributed by atoms with Gasteiger partial charge in [0.25, 0.3) is 0 Å². The minimum atomic E-state index is -0.112. The molecule has 0 unspecified atom stereocenters. The van der Waals surface area contributed by atoms with Gasteiger partial charge in [-0.25, -0.2) is 0 Å². The van der Waals surface area contributed by atoms with Crippen LogP contribution in [0.5, 0.6) is 5.75 Å². The van der Waals surface area contributed by atoms with E-state index in [2.05, 4.69) is 26.6 Å². The van der Waals surface area contributed by atoms with E-state index < -0.39 is 0 Å². The Morgan fingerprint density at radius 3 is 2.46 bits per heavy atom. The monoisotopic (exact) mass is 410 g/mol. The predicted molar refractivity (Wildman–Crippen MR) is 108 cm³/mol. The van der Waals surface area contributed by atoms with Crippen LogP contribution in [-0.4, -0.2) is 12.5 Å². The van der Waals surface area contributed by atoms with Gasteiger partial charge in [0.1, 0.15) is 12.4 Å². The number of nitrogens with one attached hydrogen (secondary N) is 2. The van der Waals surface area contributed by atoms with Crippen molar-refractivity contribution in [2.24, 2.45) is 0 Å². The van der Waals surface area contributed by atoms with Crippen LogP contribution in [0.1, 0.15) is 5.56 Å². The van der Waals surface area contributed by atoms with Crippen LogP contribution in [0.4, 0.5) is 11.4 Å². The molecular weight excluding hydrogens is 392 g/mol. The van der Waals surface area contributed by atoms with Crippen molar-refractivity contribution in [3.8, 4) is 5.75 Å². The largest absolute Gasteiger partial charge is 0.489 e. The SMILES string of the molecule is O=C(CNc1cccc(OCc2ccccc2)c1)Nc1cccc(Br)c1. The predicted octanol–water partition coefficient (Wildman–Crippen LogP) is 5.08. The van der Waals surface area contributed by atoms with Gasteiger partial charge in [0, 0.05) is 21.9 Å². The van der Waals surface area contributed by atoms with Gasteiger partial charge in [-0.15, -0.1) is 0 Å². The van der Waals surface area contributed by atoms with Crippen molar-refractivity contribution in [1.29, 1.82) is 0 Å². The molecule has 0 aliphatic carbocycles. The molecule has 0 fully saturated rings. The highest BCUT2D eigenvalue weighted by Crippen LogP contribution is 2.19. The van der Waals surface area contributed by atoms with Gasteiger partial charge in [-0.1, -0.05) is 58.4 Å². The molecule has 0 aliphatic rings. The van der Waals surface area contributed by atoms with Gasteiger partial charge in [0.05, 0.1) is 6.54 Å². The van der Waals surface area contributed by atoms with E-state index in [1.165, 1.54) is 0 Å². The van der Waals surface area contributed by atoms with Crippen LogP contribution in [-0.2, 0) is 11.4 Å². The van der Waals surface area contributed by atoms with E-state index in [-0.39, 0.29) is 12.5 Å². The maximum absolute atomic E-state index is 12.1. The fourth-order valence-corrected chi connectivity index (χ4v) is 2.79. The summed E-state index contributed by atoms with van der Waals surface area (Å²) in [5.74, 6) is 0.643. The van der Waals surface area contributed by atoms with Gasteiger partial charge in [-0.3, -0.25) is 4.79 Å². The Morgan fingerprint density at radius 2 is 1.65 bits per heavy atom. The molecule has 0 bridgehead atoms. The van der Waals surface area contributed by atoms with Crippen LogP contribution in [0.15, 0.2) is 83.3 Å². The highest BCUT2D eigenvalue weighted by Gasteiger charge is 2.04. The van der Waals surface area contributed by atoms with Crippen LogP contribution in [0.3, 0.4) is 0 Å².